The largest absolute Gasteiger partial charge is 0.366 e. The van der Waals surface area contributed by atoms with Gasteiger partial charge in [0.1, 0.15) is 17.8 Å². The molecule has 1 aromatic rings. The highest BCUT2D eigenvalue weighted by Gasteiger charge is 2.28. The molecule has 0 radical (unpaired) electrons. The van der Waals surface area contributed by atoms with Crippen LogP contribution in [0.2, 0.25) is 0 Å². The van der Waals surface area contributed by atoms with Crippen molar-refractivity contribution >= 4 is 21.6 Å². The van der Waals surface area contributed by atoms with Crippen LogP contribution >= 0.6 is 0 Å². The van der Waals surface area contributed by atoms with Crippen LogP contribution in [0.15, 0.2) is 12.4 Å². The number of nitrogens with one attached hydrogen (secondary N) is 1. The van der Waals surface area contributed by atoms with Crippen molar-refractivity contribution in [2.45, 2.75) is 31.7 Å². The lowest BCUT2D eigenvalue weighted by Crippen LogP contribution is -2.36. The Hall–Kier alpha value is -1.70. The number of nitrogens with zero attached hydrogens (tertiary/aromatic N) is 3. The number of carbonyl (C=O) groups is 1. The molecule has 1 N–H and O–H groups in total. The molecule has 7 nitrogen and oxygen atoms in total. The normalized spacial score (nSPS) is 24.2. The van der Waals surface area contributed by atoms with Gasteiger partial charge in [-0.1, -0.05) is 0 Å². The fourth-order valence-corrected chi connectivity index (χ4v) is 4.60. The van der Waals surface area contributed by atoms with E-state index in [0.29, 0.717) is 17.9 Å². The monoisotopic (exact) mass is 324 g/mol. The summed E-state index contributed by atoms with van der Waals surface area (Å²) >= 11 is 0. The fourth-order valence-electron chi connectivity index (χ4n) is 2.93. The standard InChI is InChI=1S/C14H20N4O3S/c19-14(18-5-2-1-3-6-18)12-8-13(16-10-15-12)17-11-4-7-22(20,21)9-11/h8,10-11H,1-7,9H2,(H,15,16,17). The summed E-state index contributed by atoms with van der Waals surface area (Å²) in [5.41, 5.74) is 0.361. The molecule has 2 aliphatic heterocycles. The number of piperidine rings is 1. The van der Waals surface area contributed by atoms with Crippen molar-refractivity contribution in [3.8, 4) is 0 Å². The van der Waals surface area contributed by atoms with E-state index in [-0.39, 0.29) is 23.5 Å². The van der Waals surface area contributed by atoms with Crippen LogP contribution in [0.25, 0.3) is 0 Å². The SMILES string of the molecule is O=C(c1cc(NC2CCS(=O)(=O)C2)ncn1)N1CCCCC1. The maximum absolute atomic E-state index is 12.4. The number of sulfone groups is 1. The summed E-state index contributed by atoms with van der Waals surface area (Å²) in [5.74, 6) is 0.753. The number of anilines is 1. The molecule has 2 aliphatic rings. The first-order valence-corrected chi connectivity index (χ1v) is 9.44. The number of rotatable bonds is 3. The molecule has 0 aliphatic carbocycles. The molecule has 8 heteroatoms. The van der Waals surface area contributed by atoms with Gasteiger partial charge in [0, 0.05) is 25.2 Å². The second-order valence-corrected chi connectivity index (χ2v) is 8.11. The van der Waals surface area contributed by atoms with Gasteiger partial charge in [-0.3, -0.25) is 4.79 Å². The lowest BCUT2D eigenvalue weighted by atomic mass is 10.1. The molecule has 0 aromatic carbocycles. The van der Waals surface area contributed by atoms with Gasteiger partial charge in [-0.15, -0.1) is 0 Å². The predicted octanol–water partition coefficient (Wildman–Crippen LogP) is 0.702. The van der Waals surface area contributed by atoms with Gasteiger partial charge in [0.05, 0.1) is 11.5 Å². The van der Waals surface area contributed by atoms with Crippen LogP contribution in [-0.4, -0.2) is 59.8 Å². The van der Waals surface area contributed by atoms with E-state index < -0.39 is 9.84 Å². The van der Waals surface area contributed by atoms with Crippen LogP contribution in [0.1, 0.15) is 36.2 Å². The maximum Gasteiger partial charge on any atom is 0.272 e. The molecule has 2 saturated heterocycles. The van der Waals surface area contributed by atoms with Crippen molar-refractivity contribution in [3.63, 3.8) is 0 Å². The van der Waals surface area contributed by atoms with Crippen molar-refractivity contribution in [1.29, 1.82) is 0 Å². The van der Waals surface area contributed by atoms with Crippen LogP contribution in [0.5, 0.6) is 0 Å². The van der Waals surface area contributed by atoms with Crippen LogP contribution in [-0.2, 0) is 9.84 Å². The van der Waals surface area contributed by atoms with Crippen LogP contribution in [0, 0.1) is 0 Å². The Bertz CT molecular complexity index is 656. The summed E-state index contributed by atoms with van der Waals surface area (Å²) in [6.07, 6.45) is 5.14. The minimum atomic E-state index is -2.94. The highest BCUT2D eigenvalue weighted by Crippen LogP contribution is 2.17. The Balaban J connectivity index is 1.68. The predicted molar refractivity (Wildman–Crippen MR) is 82.5 cm³/mol. The van der Waals surface area contributed by atoms with Crippen LogP contribution in [0.3, 0.4) is 0 Å². The van der Waals surface area contributed by atoms with E-state index in [2.05, 4.69) is 15.3 Å². The van der Waals surface area contributed by atoms with Gasteiger partial charge < -0.3 is 10.2 Å². The maximum atomic E-state index is 12.4. The summed E-state index contributed by atoms with van der Waals surface area (Å²) in [5, 5.41) is 3.09. The molecule has 2 fully saturated rings. The second-order valence-electron chi connectivity index (χ2n) is 5.89. The molecule has 1 unspecified atom stereocenters. The number of carbonyl (C=O) groups excluding carboxylic acids is 1. The topological polar surface area (TPSA) is 92.3 Å². The Morgan fingerprint density at radius 1 is 1.23 bits per heavy atom. The van der Waals surface area contributed by atoms with E-state index in [1.807, 2.05) is 4.90 Å². The minimum absolute atomic E-state index is 0.0795. The second kappa shape index (κ2) is 6.20. The summed E-state index contributed by atoms with van der Waals surface area (Å²) in [7, 11) is -2.94. The van der Waals surface area contributed by atoms with Crippen LogP contribution < -0.4 is 5.32 Å². The Morgan fingerprint density at radius 2 is 2.00 bits per heavy atom. The average molecular weight is 324 g/mol. The van der Waals surface area contributed by atoms with E-state index >= 15 is 0 Å². The number of hydrogen-bond donors (Lipinski definition) is 1. The van der Waals surface area contributed by atoms with E-state index in [9.17, 15) is 13.2 Å². The van der Waals surface area contributed by atoms with Crippen molar-refractivity contribution in [2.24, 2.45) is 0 Å². The molecule has 0 saturated carbocycles. The van der Waals surface area contributed by atoms with Crippen molar-refractivity contribution in [1.82, 2.24) is 14.9 Å². The zero-order chi connectivity index (χ0) is 15.6. The third-order valence-electron chi connectivity index (χ3n) is 4.11. The molecule has 1 aromatic heterocycles. The first-order valence-electron chi connectivity index (χ1n) is 7.62. The molecule has 3 heterocycles. The Morgan fingerprint density at radius 3 is 2.68 bits per heavy atom. The highest BCUT2D eigenvalue weighted by molar-refractivity contribution is 7.91. The minimum Gasteiger partial charge on any atom is -0.366 e. The van der Waals surface area contributed by atoms with Crippen molar-refractivity contribution in [2.75, 3.05) is 29.9 Å². The summed E-state index contributed by atoms with van der Waals surface area (Å²) < 4.78 is 23.0. The molecular weight excluding hydrogens is 304 g/mol. The molecule has 0 bridgehead atoms. The van der Waals surface area contributed by atoms with E-state index in [0.717, 1.165) is 32.4 Å². The van der Waals surface area contributed by atoms with Crippen LogP contribution in [0.4, 0.5) is 5.82 Å². The molecule has 3 rings (SSSR count). The molecule has 120 valence electrons. The van der Waals surface area contributed by atoms with Gasteiger partial charge in [-0.25, -0.2) is 18.4 Å². The third-order valence-corrected chi connectivity index (χ3v) is 5.88. The van der Waals surface area contributed by atoms with Gasteiger partial charge in [0.25, 0.3) is 5.91 Å². The molecule has 22 heavy (non-hydrogen) atoms. The Kier molecular flexibility index (Phi) is 4.28. The quantitative estimate of drug-likeness (QED) is 0.880. The smallest absolute Gasteiger partial charge is 0.272 e. The molecule has 1 atom stereocenters. The number of amides is 1. The molecular formula is C14H20N4O3S. The van der Waals surface area contributed by atoms with E-state index in [4.69, 9.17) is 0 Å². The van der Waals surface area contributed by atoms with Gasteiger partial charge in [-0.05, 0) is 25.7 Å². The van der Waals surface area contributed by atoms with Gasteiger partial charge in [-0.2, -0.15) is 0 Å². The number of aromatic nitrogens is 2. The summed E-state index contributed by atoms with van der Waals surface area (Å²) in [6.45, 7) is 1.54. The zero-order valence-electron chi connectivity index (χ0n) is 12.4. The highest BCUT2D eigenvalue weighted by atomic mass is 32.2. The fraction of sp³-hybridized carbons (Fsp3) is 0.643. The first-order chi connectivity index (χ1) is 10.5. The van der Waals surface area contributed by atoms with Gasteiger partial charge in [0.15, 0.2) is 9.84 Å². The Labute approximate surface area is 130 Å². The lowest BCUT2D eigenvalue weighted by molar-refractivity contribution is 0.0718. The number of likely N-dealkylation sites (tertiary alicyclic amines) is 1. The first kappa shape index (κ1) is 15.2. The summed E-state index contributed by atoms with van der Waals surface area (Å²) in [4.78, 5) is 22.4. The zero-order valence-corrected chi connectivity index (χ0v) is 13.2. The average Bonchev–Trinajstić information content (AvgIpc) is 2.86. The lowest BCUT2D eigenvalue weighted by Gasteiger charge is -2.26. The van der Waals surface area contributed by atoms with Crippen molar-refractivity contribution in [3.05, 3.63) is 18.1 Å². The molecule has 1 amide bonds. The van der Waals surface area contributed by atoms with E-state index in [1.165, 1.54) is 6.33 Å². The van der Waals surface area contributed by atoms with Gasteiger partial charge >= 0.3 is 0 Å². The number of hydrogen-bond acceptors (Lipinski definition) is 6. The molecule has 0 spiro atoms. The van der Waals surface area contributed by atoms with E-state index in [1.54, 1.807) is 6.07 Å². The van der Waals surface area contributed by atoms with Gasteiger partial charge in [0.2, 0.25) is 0 Å². The summed E-state index contributed by atoms with van der Waals surface area (Å²) in [6, 6.07) is 1.47. The van der Waals surface area contributed by atoms with Crippen molar-refractivity contribution < 1.29 is 13.2 Å². The third kappa shape index (κ3) is 3.55.